The van der Waals surface area contributed by atoms with E-state index in [2.05, 4.69) is 4.84 Å². The maximum atomic E-state index is 11.6. The average molecular weight is 335 g/mol. The third kappa shape index (κ3) is 4.60. The second-order valence-corrected chi connectivity index (χ2v) is 6.77. The standard InChI is InChI=1S/C12H17NO8S/c1-7(2)8(14)4-3-5-11(16)21-13-10(15)6-9(12(13)17)22(18,19)20/h7,9H,3-6H2,1-2H3,(H,18,19,20). The van der Waals surface area contributed by atoms with E-state index in [0.717, 1.165) is 0 Å². The molecule has 0 aromatic rings. The minimum atomic E-state index is -4.74. The third-order valence-corrected chi connectivity index (χ3v) is 4.15. The molecule has 0 aromatic heterocycles. The monoisotopic (exact) mass is 335 g/mol. The van der Waals surface area contributed by atoms with E-state index >= 15 is 0 Å². The van der Waals surface area contributed by atoms with E-state index in [0.29, 0.717) is 0 Å². The summed E-state index contributed by atoms with van der Waals surface area (Å²) in [6, 6.07) is 0. The zero-order chi connectivity index (χ0) is 17.1. The van der Waals surface area contributed by atoms with Crippen molar-refractivity contribution in [2.24, 2.45) is 5.92 Å². The first-order valence-electron chi connectivity index (χ1n) is 6.60. The van der Waals surface area contributed by atoms with Crippen LogP contribution in [0.3, 0.4) is 0 Å². The van der Waals surface area contributed by atoms with Crippen LogP contribution in [0.25, 0.3) is 0 Å². The molecule has 0 bridgehead atoms. The predicted octanol–water partition coefficient (Wildman–Crippen LogP) is -0.145. The van der Waals surface area contributed by atoms with Crippen LogP contribution in [0.1, 0.15) is 39.5 Å². The summed E-state index contributed by atoms with van der Waals surface area (Å²) in [4.78, 5) is 50.4. The molecule has 1 aliphatic rings. The SMILES string of the molecule is CC(C)C(=O)CCCC(=O)ON1C(=O)CC(S(=O)(=O)O)C1=O. The second-order valence-electron chi connectivity index (χ2n) is 5.17. The van der Waals surface area contributed by atoms with Gasteiger partial charge in [0.25, 0.3) is 21.9 Å². The molecule has 1 N–H and O–H groups in total. The molecular formula is C12H17NO8S. The molecule has 1 heterocycles. The van der Waals surface area contributed by atoms with Gasteiger partial charge in [0.1, 0.15) is 5.78 Å². The van der Waals surface area contributed by atoms with Crippen LogP contribution in [0, 0.1) is 5.92 Å². The maximum Gasteiger partial charge on any atom is 0.333 e. The molecule has 1 aliphatic heterocycles. The summed E-state index contributed by atoms with van der Waals surface area (Å²) in [7, 11) is -4.74. The van der Waals surface area contributed by atoms with Gasteiger partial charge >= 0.3 is 5.97 Å². The van der Waals surface area contributed by atoms with Crippen LogP contribution in [0.15, 0.2) is 0 Å². The molecule has 1 rings (SSSR count). The van der Waals surface area contributed by atoms with Crippen molar-refractivity contribution in [3.8, 4) is 0 Å². The van der Waals surface area contributed by atoms with Gasteiger partial charge in [-0.2, -0.15) is 8.42 Å². The van der Waals surface area contributed by atoms with Crippen molar-refractivity contribution in [1.82, 2.24) is 5.06 Å². The Morgan fingerprint density at radius 3 is 2.36 bits per heavy atom. The summed E-state index contributed by atoms with van der Waals surface area (Å²) in [6.45, 7) is 3.44. The van der Waals surface area contributed by atoms with E-state index in [1.54, 1.807) is 13.8 Å². The largest absolute Gasteiger partial charge is 0.333 e. The molecule has 2 amide bonds. The molecule has 1 saturated heterocycles. The fourth-order valence-corrected chi connectivity index (χ4v) is 2.46. The fraction of sp³-hybridized carbons (Fsp3) is 0.667. The molecule has 1 unspecified atom stereocenters. The first-order valence-corrected chi connectivity index (χ1v) is 8.11. The number of rotatable bonds is 7. The predicted molar refractivity (Wildman–Crippen MR) is 71.6 cm³/mol. The quantitative estimate of drug-likeness (QED) is 0.501. The Morgan fingerprint density at radius 2 is 1.91 bits per heavy atom. The Kier molecular flexibility index (Phi) is 5.78. The van der Waals surface area contributed by atoms with Gasteiger partial charge in [-0.25, -0.2) is 4.79 Å². The number of carbonyl (C=O) groups excluding carboxylic acids is 4. The van der Waals surface area contributed by atoms with Crippen molar-refractivity contribution < 1.29 is 37.0 Å². The van der Waals surface area contributed by atoms with Crippen LogP contribution in [-0.2, 0) is 34.1 Å². The molecule has 0 spiro atoms. The summed E-state index contributed by atoms with van der Waals surface area (Å²) in [6.07, 6.45) is -0.640. The summed E-state index contributed by atoms with van der Waals surface area (Å²) in [5, 5.41) is -1.90. The Bertz CT molecular complexity index is 594. The lowest BCUT2D eigenvalue weighted by molar-refractivity contribution is -0.197. The molecule has 10 heteroatoms. The Labute approximate surface area is 127 Å². The summed E-state index contributed by atoms with van der Waals surface area (Å²) >= 11 is 0. The highest BCUT2D eigenvalue weighted by Gasteiger charge is 2.48. The topological polar surface area (TPSA) is 135 Å². The number of imide groups is 1. The van der Waals surface area contributed by atoms with Gasteiger partial charge in [-0.15, -0.1) is 5.06 Å². The van der Waals surface area contributed by atoms with E-state index in [1.165, 1.54) is 0 Å². The average Bonchev–Trinajstić information content (AvgIpc) is 2.66. The molecule has 0 aliphatic carbocycles. The van der Waals surface area contributed by atoms with E-state index in [1.807, 2.05) is 0 Å². The molecule has 22 heavy (non-hydrogen) atoms. The molecule has 1 atom stereocenters. The van der Waals surface area contributed by atoms with Crippen molar-refractivity contribution in [2.45, 2.75) is 44.8 Å². The zero-order valence-electron chi connectivity index (χ0n) is 12.1. The van der Waals surface area contributed by atoms with E-state index < -0.39 is 39.6 Å². The summed E-state index contributed by atoms with van der Waals surface area (Å²) in [5.74, 6) is -3.46. The Hall–Kier alpha value is -1.81. The van der Waals surface area contributed by atoms with Crippen molar-refractivity contribution in [2.75, 3.05) is 0 Å². The van der Waals surface area contributed by atoms with Gasteiger partial charge < -0.3 is 4.84 Å². The molecule has 1 fully saturated rings. The highest BCUT2D eigenvalue weighted by Crippen LogP contribution is 2.20. The Morgan fingerprint density at radius 1 is 1.32 bits per heavy atom. The molecule has 0 saturated carbocycles. The van der Waals surface area contributed by atoms with Crippen molar-refractivity contribution >= 4 is 33.7 Å². The second kappa shape index (κ2) is 6.97. The fourth-order valence-electron chi connectivity index (χ4n) is 1.75. The number of hydrogen-bond donors (Lipinski definition) is 1. The van der Waals surface area contributed by atoms with E-state index in [-0.39, 0.29) is 36.0 Å². The highest BCUT2D eigenvalue weighted by molar-refractivity contribution is 7.87. The number of ketones is 1. The number of hydroxylamine groups is 2. The zero-order valence-corrected chi connectivity index (χ0v) is 13.0. The first kappa shape index (κ1) is 18.2. The lowest BCUT2D eigenvalue weighted by Crippen LogP contribution is -2.36. The number of nitrogens with zero attached hydrogens (tertiary/aromatic N) is 1. The number of amides is 2. The van der Waals surface area contributed by atoms with Crippen LogP contribution in [0.4, 0.5) is 0 Å². The summed E-state index contributed by atoms with van der Waals surface area (Å²) < 4.78 is 30.6. The maximum absolute atomic E-state index is 11.6. The van der Waals surface area contributed by atoms with Crippen LogP contribution in [-0.4, -0.2) is 46.9 Å². The van der Waals surface area contributed by atoms with Gasteiger partial charge in [-0.3, -0.25) is 18.9 Å². The molecule has 0 aromatic carbocycles. The highest BCUT2D eigenvalue weighted by atomic mass is 32.2. The van der Waals surface area contributed by atoms with Crippen LogP contribution in [0.5, 0.6) is 0 Å². The van der Waals surface area contributed by atoms with Gasteiger partial charge in [-0.1, -0.05) is 13.8 Å². The van der Waals surface area contributed by atoms with Gasteiger partial charge in [0.05, 0.1) is 6.42 Å². The molecule has 9 nitrogen and oxygen atoms in total. The smallest absolute Gasteiger partial charge is 0.330 e. The minimum Gasteiger partial charge on any atom is -0.330 e. The van der Waals surface area contributed by atoms with Crippen molar-refractivity contribution in [3.05, 3.63) is 0 Å². The van der Waals surface area contributed by atoms with Crippen molar-refractivity contribution in [1.29, 1.82) is 0 Å². The normalized spacial score (nSPS) is 18.9. The lowest BCUT2D eigenvalue weighted by atomic mass is 10.0. The molecule has 124 valence electrons. The van der Waals surface area contributed by atoms with Crippen LogP contribution >= 0.6 is 0 Å². The first-order chi connectivity index (χ1) is 10.0. The molecule has 0 radical (unpaired) electrons. The van der Waals surface area contributed by atoms with Gasteiger partial charge in [0, 0.05) is 18.8 Å². The number of Topliss-reactive ketones (excluding diaryl/α,β-unsaturated/α-hetero) is 1. The number of hydrogen-bond acceptors (Lipinski definition) is 7. The van der Waals surface area contributed by atoms with Crippen molar-refractivity contribution in [3.63, 3.8) is 0 Å². The summed E-state index contributed by atoms with van der Waals surface area (Å²) in [5.41, 5.74) is 0. The lowest BCUT2D eigenvalue weighted by Gasteiger charge is -2.13. The Balaban J connectivity index is 2.53. The van der Waals surface area contributed by atoms with E-state index in [9.17, 15) is 27.6 Å². The number of carbonyl (C=O) groups is 4. The van der Waals surface area contributed by atoms with E-state index in [4.69, 9.17) is 4.55 Å². The third-order valence-electron chi connectivity index (χ3n) is 3.06. The molecular weight excluding hydrogens is 318 g/mol. The van der Waals surface area contributed by atoms with Gasteiger partial charge in [-0.05, 0) is 6.42 Å². The van der Waals surface area contributed by atoms with Crippen LogP contribution in [0.2, 0.25) is 0 Å². The van der Waals surface area contributed by atoms with Gasteiger partial charge in [0.2, 0.25) is 0 Å². The van der Waals surface area contributed by atoms with Crippen LogP contribution < -0.4 is 0 Å². The van der Waals surface area contributed by atoms with Gasteiger partial charge in [0.15, 0.2) is 5.25 Å². The minimum absolute atomic E-state index is 0.0347.